The number of nitrogens with one attached hydrogen (secondary N) is 1. The van der Waals surface area contributed by atoms with E-state index >= 15 is 0 Å². The van der Waals surface area contributed by atoms with Crippen molar-refractivity contribution in [3.63, 3.8) is 0 Å². The van der Waals surface area contributed by atoms with Crippen LogP contribution in [0.25, 0.3) is 0 Å². The van der Waals surface area contributed by atoms with Crippen LogP contribution in [0.15, 0.2) is 18.2 Å². The van der Waals surface area contributed by atoms with E-state index < -0.39 is 0 Å². The molecule has 1 saturated carbocycles. The molecular weight excluding hydrogens is 253 g/mol. The standard InChI is InChI=1S/C14H19Cl2N/c1-2-14(4-3-5-14)10-17-9-11-6-12(15)8-13(16)7-11/h6-8,17H,2-5,9-10H2,1H3. The van der Waals surface area contributed by atoms with Gasteiger partial charge in [0, 0.05) is 23.1 Å². The first-order valence-corrected chi connectivity index (χ1v) is 7.05. The third-order valence-corrected chi connectivity index (χ3v) is 4.35. The van der Waals surface area contributed by atoms with Gasteiger partial charge in [-0.15, -0.1) is 0 Å². The molecule has 17 heavy (non-hydrogen) atoms. The Bertz CT molecular complexity index is 360. The molecule has 0 atom stereocenters. The van der Waals surface area contributed by atoms with Gasteiger partial charge in [0.2, 0.25) is 0 Å². The van der Waals surface area contributed by atoms with Crippen molar-refractivity contribution in [1.29, 1.82) is 0 Å². The summed E-state index contributed by atoms with van der Waals surface area (Å²) in [5.74, 6) is 0. The molecule has 1 aliphatic rings. The minimum absolute atomic E-state index is 0.558. The Labute approximate surface area is 114 Å². The summed E-state index contributed by atoms with van der Waals surface area (Å²) in [6.07, 6.45) is 5.40. The van der Waals surface area contributed by atoms with Crippen molar-refractivity contribution in [1.82, 2.24) is 5.32 Å². The zero-order valence-electron chi connectivity index (χ0n) is 10.2. The third kappa shape index (κ3) is 3.37. The first kappa shape index (κ1) is 13.2. The molecule has 0 aliphatic heterocycles. The Kier molecular flexibility index (Phi) is 4.35. The Morgan fingerprint density at radius 3 is 2.29 bits per heavy atom. The molecule has 2 rings (SSSR count). The molecule has 0 radical (unpaired) electrons. The highest BCUT2D eigenvalue weighted by molar-refractivity contribution is 6.34. The van der Waals surface area contributed by atoms with Crippen molar-refractivity contribution >= 4 is 23.2 Å². The second-order valence-electron chi connectivity index (χ2n) is 5.09. The second kappa shape index (κ2) is 5.60. The Morgan fingerprint density at radius 2 is 1.82 bits per heavy atom. The van der Waals surface area contributed by atoms with E-state index in [-0.39, 0.29) is 0 Å². The first-order chi connectivity index (χ1) is 8.13. The van der Waals surface area contributed by atoms with Gasteiger partial charge in [-0.3, -0.25) is 0 Å². The Balaban J connectivity index is 1.85. The molecule has 0 heterocycles. The van der Waals surface area contributed by atoms with E-state index in [1.54, 1.807) is 6.07 Å². The van der Waals surface area contributed by atoms with E-state index in [0.29, 0.717) is 15.5 Å². The average Bonchev–Trinajstić information content (AvgIpc) is 2.20. The van der Waals surface area contributed by atoms with Crippen molar-refractivity contribution in [2.24, 2.45) is 5.41 Å². The number of benzene rings is 1. The molecule has 1 aromatic carbocycles. The highest BCUT2D eigenvalue weighted by Gasteiger charge is 2.34. The summed E-state index contributed by atoms with van der Waals surface area (Å²) in [7, 11) is 0. The molecule has 1 N–H and O–H groups in total. The van der Waals surface area contributed by atoms with Gasteiger partial charge in [-0.05, 0) is 48.4 Å². The fourth-order valence-electron chi connectivity index (χ4n) is 2.52. The van der Waals surface area contributed by atoms with Crippen molar-refractivity contribution in [3.05, 3.63) is 33.8 Å². The molecule has 0 saturated heterocycles. The maximum absolute atomic E-state index is 5.97. The molecule has 0 bridgehead atoms. The molecule has 0 spiro atoms. The first-order valence-electron chi connectivity index (χ1n) is 6.29. The molecule has 1 aromatic rings. The molecule has 0 unspecified atom stereocenters. The van der Waals surface area contributed by atoms with Gasteiger partial charge in [0.1, 0.15) is 0 Å². The summed E-state index contributed by atoms with van der Waals surface area (Å²) in [6, 6.07) is 5.71. The van der Waals surface area contributed by atoms with Gasteiger partial charge in [-0.2, -0.15) is 0 Å². The number of hydrogen-bond acceptors (Lipinski definition) is 1. The van der Waals surface area contributed by atoms with Gasteiger partial charge in [0.25, 0.3) is 0 Å². The van der Waals surface area contributed by atoms with E-state index in [2.05, 4.69) is 12.2 Å². The number of rotatable bonds is 5. The topological polar surface area (TPSA) is 12.0 Å². The summed E-state index contributed by atoms with van der Waals surface area (Å²) >= 11 is 11.9. The summed E-state index contributed by atoms with van der Waals surface area (Å²) in [6.45, 7) is 4.24. The van der Waals surface area contributed by atoms with Crippen LogP contribution in [0, 0.1) is 5.41 Å². The van der Waals surface area contributed by atoms with Crippen LogP contribution in [0.2, 0.25) is 10.0 Å². The highest BCUT2D eigenvalue weighted by atomic mass is 35.5. The van der Waals surface area contributed by atoms with Crippen LogP contribution >= 0.6 is 23.2 Å². The van der Waals surface area contributed by atoms with Crippen molar-refractivity contribution < 1.29 is 0 Å². The predicted molar refractivity (Wildman–Crippen MR) is 74.7 cm³/mol. The van der Waals surface area contributed by atoms with Crippen LogP contribution in [0.5, 0.6) is 0 Å². The monoisotopic (exact) mass is 271 g/mol. The zero-order chi connectivity index (χ0) is 12.3. The van der Waals surface area contributed by atoms with E-state index in [1.807, 2.05) is 12.1 Å². The van der Waals surface area contributed by atoms with Crippen molar-refractivity contribution in [2.45, 2.75) is 39.2 Å². The van der Waals surface area contributed by atoms with Crippen LogP contribution in [-0.2, 0) is 6.54 Å². The summed E-state index contributed by atoms with van der Waals surface area (Å²) in [5.41, 5.74) is 1.72. The molecule has 1 fully saturated rings. The van der Waals surface area contributed by atoms with Crippen LogP contribution in [0.3, 0.4) is 0 Å². The van der Waals surface area contributed by atoms with Gasteiger partial charge in [0.05, 0.1) is 0 Å². The molecule has 1 aliphatic carbocycles. The lowest BCUT2D eigenvalue weighted by atomic mass is 9.67. The van der Waals surface area contributed by atoms with E-state index in [0.717, 1.165) is 18.7 Å². The summed E-state index contributed by atoms with van der Waals surface area (Å²) in [4.78, 5) is 0. The third-order valence-electron chi connectivity index (χ3n) is 3.92. The molecule has 1 nitrogen and oxygen atoms in total. The normalized spacial score (nSPS) is 17.8. The SMILES string of the molecule is CCC1(CNCc2cc(Cl)cc(Cl)c2)CCC1. The molecular formula is C14H19Cl2N. The number of hydrogen-bond donors (Lipinski definition) is 1. The van der Waals surface area contributed by atoms with Crippen molar-refractivity contribution in [3.8, 4) is 0 Å². The Hall–Kier alpha value is -0.240. The quantitative estimate of drug-likeness (QED) is 0.821. The Morgan fingerprint density at radius 1 is 1.18 bits per heavy atom. The average molecular weight is 272 g/mol. The maximum Gasteiger partial charge on any atom is 0.0424 e. The van der Waals surface area contributed by atoms with Crippen LogP contribution in [-0.4, -0.2) is 6.54 Å². The van der Waals surface area contributed by atoms with E-state index in [4.69, 9.17) is 23.2 Å². The lowest BCUT2D eigenvalue weighted by molar-refractivity contribution is 0.124. The summed E-state index contributed by atoms with van der Waals surface area (Å²) in [5, 5.41) is 4.96. The van der Waals surface area contributed by atoms with E-state index in [1.165, 1.54) is 25.7 Å². The summed E-state index contributed by atoms with van der Waals surface area (Å²) < 4.78 is 0. The fourth-order valence-corrected chi connectivity index (χ4v) is 3.09. The number of halogens is 2. The van der Waals surface area contributed by atoms with Crippen LogP contribution in [0.1, 0.15) is 38.2 Å². The van der Waals surface area contributed by atoms with Gasteiger partial charge in [-0.25, -0.2) is 0 Å². The van der Waals surface area contributed by atoms with Gasteiger partial charge in [0.15, 0.2) is 0 Å². The zero-order valence-corrected chi connectivity index (χ0v) is 11.7. The van der Waals surface area contributed by atoms with Crippen LogP contribution in [0.4, 0.5) is 0 Å². The van der Waals surface area contributed by atoms with Gasteiger partial charge < -0.3 is 5.32 Å². The van der Waals surface area contributed by atoms with Crippen LogP contribution < -0.4 is 5.32 Å². The smallest absolute Gasteiger partial charge is 0.0424 e. The minimum atomic E-state index is 0.558. The molecule has 0 aromatic heterocycles. The largest absolute Gasteiger partial charge is 0.312 e. The van der Waals surface area contributed by atoms with Crippen molar-refractivity contribution in [2.75, 3.05) is 6.54 Å². The molecule has 3 heteroatoms. The lowest BCUT2D eigenvalue weighted by Crippen LogP contribution is -2.39. The minimum Gasteiger partial charge on any atom is -0.312 e. The molecule has 94 valence electrons. The highest BCUT2D eigenvalue weighted by Crippen LogP contribution is 2.43. The maximum atomic E-state index is 5.97. The predicted octanol–water partition coefficient (Wildman–Crippen LogP) is 4.66. The molecule has 0 amide bonds. The lowest BCUT2D eigenvalue weighted by Gasteiger charge is -2.41. The fraction of sp³-hybridized carbons (Fsp3) is 0.571. The second-order valence-corrected chi connectivity index (χ2v) is 5.96. The van der Waals surface area contributed by atoms with Gasteiger partial charge in [-0.1, -0.05) is 36.5 Å². The van der Waals surface area contributed by atoms with Gasteiger partial charge >= 0.3 is 0 Å². The van der Waals surface area contributed by atoms with E-state index in [9.17, 15) is 0 Å².